The largest absolute Gasteiger partial charge is 0.497 e. The molecule has 2 aromatic carbocycles. The fourth-order valence-corrected chi connectivity index (χ4v) is 4.62. The van der Waals surface area contributed by atoms with Gasteiger partial charge < -0.3 is 4.74 Å². The van der Waals surface area contributed by atoms with E-state index in [-0.39, 0.29) is 0 Å². The molecule has 0 aliphatic rings. The number of benzene rings is 2. The fraction of sp³-hybridized carbons (Fsp3) is 0.125. The summed E-state index contributed by atoms with van der Waals surface area (Å²) >= 11 is 6.15. The van der Waals surface area contributed by atoms with Crippen molar-refractivity contribution in [2.75, 3.05) is 11.8 Å². The van der Waals surface area contributed by atoms with E-state index in [0.717, 1.165) is 11.3 Å². The lowest BCUT2D eigenvalue weighted by Crippen LogP contribution is -2.20. The van der Waals surface area contributed by atoms with Crippen LogP contribution in [0.4, 0.5) is 5.69 Å². The number of halogens is 1. The third kappa shape index (κ3) is 5.75. The highest BCUT2D eigenvalue weighted by atomic mass is 35.5. The Labute approximate surface area is 188 Å². The molecule has 7 heteroatoms. The summed E-state index contributed by atoms with van der Waals surface area (Å²) in [6.07, 6.45) is 6.84. The lowest BCUT2D eigenvalue weighted by Gasteiger charge is -2.18. The third-order valence-electron chi connectivity index (χ3n) is 4.64. The molecule has 1 unspecified atom stereocenters. The zero-order chi connectivity index (χ0) is 22.4. The standard InChI is InChI=1S/C24H23ClN2O3S/c1-4-24(20-8-11-22(30-3)12-9-20)31(28,29)27-23-16-21(25)10-7-19(23)6-5-18-13-14-26-17(2)15-18/h4-16,24,27H,1H2,2-3H3. The summed E-state index contributed by atoms with van der Waals surface area (Å²) < 4.78 is 34.2. The SMILES string of the molecule is C=CC(c1ccc(OC)cc1)S(=O)(=O)Nc1cc(Cl)ccc1C=Cc1ccnc(C)c1. The zero-order valence-corrected chi connectivity index (χ0v) is 18.8. The predicted molar refractivity (Wildman–Crippen MR) is 128 cm³/mol. The van der Waals surface area contributed by atoms with E-state index in [1.165, 1.54) is 6.08 Å². The second-order valence-electron chi connectivity index (χ2n) is 6.87. The Hall–Kier alpha value is -3.09. The number of sulfonamides is 1. The van der Waals surface area contributed by atoms with Gasteiger partial charge in [-0.25, -0.2) is 8.42 Å². The zero-order valence-electron chi connectivity index (χ0n) is 17.2. The number of hydrogen-bond acceptors (Lipinski definition) is 4. The van der Waals surface area contributed by atoms with Gasteiger partial charge in [0.2, 0.25) is 10.0 Å². The van der Waals surface area contributed by atoms with Crippen molar-refractivity contribution in [3.63, 3.8) is 0 Å². The van der Waals surface area contributed by atoms with Gasteiger partial charge in [0.15, 0.2) is 0 Å². The summed E-state index contributed by atoms with van der Waals surface area (Å²) in [5.41, 5.74) is 3.50. The lowest BCUT2D eigenvalue weighted by atomic mass is 10.1. The van der Waals surface area contributed by atoms with E-state index in [9.17, 15) is 8.42 Å². The number of hydrogen-bond donors (Lipinski definition) is 1. The normalized spacial score (nSPS) is 12.5. The van der Waals surface area contributed by atoms with Crippen LogP contribution in [0.15, 0.2) is 73.4 Å². The number of pyridine rings is 1. The van der Waals surface area contributed by atoms with Crippen LogP contribution in [-0.2, 0) is 10.0 Å². The van der Waals surface area contributed by atoms with Gasteiger partial charge in [-0.1, -0.05) is 48.0 Å². The number of methoxy groups -OCH3 is 1. The van der Waals surface area contributed by atoms with Crippen LogP contribution < -0.4 is 9.46 Å². The molecule has 0 aliphatic heterocycles. The maximum Gasteiger partial charge on any atom is 0.243 e. The maximum atomic E-state index is 13.2. The first kappa shape index (κ1) is 22.6. The highest BCUT2D eigenvalue weighted by molar-refractivity contribution is 7.93. The van der Waals surface area contributed by atoms with Crippen molar-refractivity contribution in [2.24, 2.45) is 0 Å². The van der Waals surface area contributed by atoms with Crippen LogP contribution in [-0.4, -0.2) is 20.5 Å². The van der Waals surface area contributed by atoms with E-state index in [1.54, 1.807) is 55.8 Å². The van der Waals surface area contributed by atoms with Gasteiger partial charge in [0, 0.05) is 16.9 Å². The molecule has 1 heterocycles. The number of ether oxygens (including phenoxy) is 1. The molecule has 0 saturated heterocycles. The van der Waals surface area contributed by atoms with Crippen molar-refractivity contribution in [3.05, 3.63) is 101 Å². The Morgan fingerprint density at radius 1 is 1.10 bits per heavy atom. The monoisotopic (exact) mass is 454 g/mol. The van der Waals surface area contributed by atoms with E-state index >= 15 is 0 Å². The van der Waals surface area contributed by atoms with Gasteiger partial charge >= 0.3 is 0 Å². The summed E-state index contributed by atoms with van der Waals surface area (Å²) in [4.78, 5) is 4.18. The van der Waals surface area contributed by atoms with Gasteiger partial charge in [-0.15, -0.1) is 6.58 Å². The van der Waals surface area contributed by atoms with E-state index in [0.29, 0.717) is 27.6 Å². The molecule has 0 aliphatic carbocycles. The van der Waals surface area contributed by atoms with Crippen molar-refractivity contribution >= 4 is 39.5 Å². The molecule has 5 nitrogen and oxygen atoms in total. The van der Waals surface area contributed by atoms with Crippen molar-refractivity contribution in [2.45, 2.75) is 12.2 Å². The molecular formula is C24H23ClN2O3S. The van der Waals surface area contributed by atoms with Crippen LogP contribution in [0.25, 0.3) is 12.2 Å². The summed E-state index contributed by atoms with van der Waals surface area (Å²) in [6.45, 7) is 5.63. The van der Waals surface area contributed by atoms with E-state index in [1.807, 2.05) is 31.2 Å². The molecule has 160 valence electrons. The van der Waals surface area contributed by atoms with Crippen LogP contribution in [0.5, 0.6) is 5.75 Å². The van der Waals surface area contributed by atoms with Crippen LogP contribution in [0, 0.1) is 6.92 Å². The molecule has 1 atom stereocenters. The maximum absolute atomic E-state index is 13.2. The summed E-state index contributed by atoms with van der Waals surface area (Å²) in [5.74, 6) is 0.644. The van der Waals surface area contributed by atoms with Crippen LogP contribution in [0.2, 0.25) is 5.02 Å². The number of aromatic nitrogens is 1. The Morgan fingerprint density at radius 3 is 2.48 bits per heavy atom. The van der Waals surface area contributed by atoms with Crippen LogP contribution in [0.1, 0.15) is 27.6 Å². The number of rotatable bonds is 8. The van der Waals surface area contributed by atoms with Crippen molar-refractivity contribution in [3.8, 4) is 5.75 Å². The number of anilines is 1. The highest BCUT2D eigenvalue weighted by Gasteiger charge is 2.25. The van der Waals surface area contributed by atoms with Gasteiger partial charge in [0.1, 0.15) is 11.0 Å². The van der Waals surface area contributed by atoms with E-state index < -0.39 is 15.3 Å². The fourth-order valence-electron chi connectivity index (χ4n) is 3.07. The Balaban J connectivity index is 1.92. The molecule has 0 fully saturated rings. The quantitative estimate of drug-likeness (QED) is 0.431. The molecule has 1 aromatic heterocycles. The highest BCUT2D eigenvalue weighted by Crippen LogP contribution is 2.30. The minimum Gasteiger partial charge on any atom is -0.497 e. The Bertz CT molecular complexity index is 1210. The second kappa shape index (κ2) is 9.81. The molecular weight excluding hydrogens is 432 g/mol. The first-order valence-electron chi connectivity index (χ1n) is 9.51. The topological polar surface area (TPSA) is 68.3 Å². The van der Waals surface area contributed by atoms with Crippen molar-refractivity contribution in [1.82, 2.24) is 4.98 Å². The van der Waals surface area contributed by atoms with Gasteiger partial charge in [-0.3, -0.25) is 9.71 Å². The van der Waals surface area contributed by atoms with Gasteiger partial charge in [0.25, 0.3) is 0 Å². The average Bonchev–Trinajstić information content (AvgIpc) is 2.74. The molecule has 1 N–H and O–H groups in total. The van der Waals surface area contributed by atoms with E-state index in [4.69, 9.17) is 16.3 Å². The smallest absolute Gasteiger partial charge is 0.243 e. The second-order valence-corrected chi connectivity index (χ2v) is 9.11. The summed E-state index contributed by atoms with van der Waals surface area (Å²) in [7, 11) is -2.28. The Morgan fingerprint density at radius 2 is 1.84 bits per heavy atom. The first-order chi connectivity index (χ1) is 14.8. The minimum atomic E-state index is -3.84. The van der Waals surface area contributed by atoms with Gasteiger partial charge in [-0.05, 0) is 60.0 Å². The number of nitrogens with one attached hydrogen (secondary N) is 1. The summed E-state index contributed by atoms with van der Waals surface area (Å²) in [6, 6.07) is 15.7. The predicted octanol–water partition coefficient (Wildman–Crippen LogP) is 5.89. The molecule has 0 spiro atoms. The third-order valence-corrected chi connectivity index (χ3v) is 6.51. The van der Waals surface area contributed by atoms with Gasteiger partial charge in [0.05, 0.1) is 12.8 Å². The number of nitrogens with zero attached hydrogens (tertiary/aromatic N) is 1. The lowest BCUT2D eigenvalue weighted by molar-refractivity contribution is 0.414. The average molecular weight is 455 g/mol. The summed E-state index contributed by atoms with van der Waals surface area (Å²) in [5, 5.41) is -0.522. The molecule has 0 saturated carbocycles. The van der Waals surface area contributed by atoms with E-state index in [2.05, 4.69) is 16.3 Å². The van der Waals surface area contributed by atoms with Crippen LogP contribution >= 0.6 is 11.6 Å². The Kier molecular flexibility index (Phi) is 7.15. The molecule has 3 rings (SSSR count). The van der Waals surface area contributed by atoms with Crippen molar-refractivity contribution in [1.29, 1.82) is 0 Å². The van der Waals surface area contributed by atoms with Crippen molar-refractivity contribution < 1.29 is 13.2 Å². The van der Waals surface area contributed by atoms with Gasteiger partial charge in [-0.2, -0.15) is 0 Å². The molecule has 31 heavy (non-hydrogen) atoms. The number of aryl methyl sites for hydroxylation is 1. The first-order valence-corrected chi connectivity index (χ1v) is 11.4. The van der Waals surface area contributed by atoms with Crippen LogP contribution in [0.3, 0.4) is 0 Å². The molecule has 0 bridgehead atoms. The molecule has 3 aromatic rings. The molecule has 0 radical (unpaired) electrons. The minimum absolute atomic E-state index is 0.384. The molecule has 0 amide bonds.